The summed E-state index contributed by atoms with van der Waals surface area (Å²) in [4.78, 5) is 14.6. The molecule has 1 aromatic heterocycles. The van der Waals surface area contributed by atoms with Gasteiger partial charge in [-0.25, -0.2) is 8.42 Å². The molecule has 7 heteroatoms. The molecule has 0 spiro atoms. The van der Waals surface area contributed by atoms with Gasteiger partial charge in [0.1, 0.15) is 0 Å². The minimum atomic E-state index is -2.97. The van der Waals surface area contributed by atoms with Crippen LogP contribution in [-0.4, -0.2) is 47.6 Å². The summed E-state index contributed by atoms with van der Waals surface area (Å²) in [5.41, 5.74) is 4.68. The highest BCUT2D eigenvalue weighted by atomic mass is 32.2. The number of carbonyl (C=O) groups excluding carboxylic acids is 1. The summed E-state index contributed by atoms with van der Waals surface area (Å²) in [6, 6.07) is 7.72. The molecule has 1 fully saturated rings. The average molecular weight is 418 g/mol. The van der Waals surface area contributed by atoms with E-state index < -0.39 is 9.84 Å². The van der Waals surface area contributed by atoms with Crippen molar-refractivity contribution in [2.24, 2.45) is 5.92 Å². The molecule has 2 heterocycles. The van der Waals surface area contributed by atoms with Crippen LogP contribution in [0.15, 0.2) is 24.3 Å². The molecular formula is C22H31N3O3S. The molecule has 0 radical (unpaired) electrons. The van der Waals surface area contributed by atoms with Crippen LogP contribution in [0.3, 0.4) is 0 Å². The molecule has 3 rings (SSSR count). The SMILES string of the molecule is Cc1nn([C@H]2CCS(=O)(=O)C2)c(C)c1CN(C)C(=O)c1ccc(CC(C)C)cc1. The number of aryl methyl sites for hydroxylation is 1. The van der Waals surface area contributed by atoms with Crippen LogP contribution in [0.2, 0.25) is 0 Å². The number of hydrogen-bond donors (Lipinski definition) is 0. The van der Waals surface area contributed by atoms with E-state index in [1.807, 2.05) is 42.8 Å². The predicted octanol–water partition coefficient (Wildman–Crippen LogP) is 3.33. The van der Waals surface area contributed by atoms with E-state index in [2.05, 4.69) is 18.9 Å². The van der Waals surface area contributed by atoms with Gasteiger partial charge >= 0.3 is 0 Å². The number of aromatic nitrogens is 2. The van der Waals surface area contributed by atoms with Gasteiger partial charge in [0.15, 0.2) is 9.84 Å². The lowest BCUT2D eigenvalue weighted by Crippen LogP contribution is -2.26. The Morgan fingerprint density at radius 2 is 1.90 bits per heavy atom. The standard InChI is InChI=1S/C22H31N3O3S/c1-15(2)12-18-6-8-19(9-7-18)22(26)24(5)13-21-16(3)23-25(17(21)4)20-10-11-29(27,28)14-20/h6-9,15,20H,10-14H2,1-5H3/t20-/m0/s1. The molecule has 1 amide bonds. The second-order valence-electron chi connectivity index (χ2n) is 8.61. The van der Waals surface area contributed by atoms with Crippen LogP contribution in [-0.2, 0) is 22.8 Å². The van der Waals surface area contributed by atoms with Gasteiger partial charge in [-0.3, -0.25) is 9.48 Å². The quantitative estimate of drug-likeness (QED) is 0.723. The minimum Gasteiger partial charge on any atom is -0.337 e. The molecule has 0 bridgehead atoms. The van der Waals surface area contributed by atoms with E-state index in [-0.39, 0.29) is 23.5 Å². The van der Waals surface area contributed by atoms with Gasteiger partial charge in [0.05, 0.1) is 23.2 Å². The maximum atomic E-state index is 12.9. The highest BCUT2D eigenvalue weighted by Gasteiger charge is 2.31. The first-order valence-electron chi connectivity index (χ1n) is 10.2. The topological polar surface area (TPSA) is 72.3 Å². The molecule has 0 saturated carbocycles. The Labute approximate surface area is 173 Å². The highest BCUT2D eigenvalue weighted by Crippen LogP contribution is 2.27. The molecule has 158 valence electrons. The van der Waals surface area contributed by atoms with Gasteiger partial charge in [-0.1, -0.05) is 26.0 Å². The Balaban J connectivity index is 1.73. The Bertz CT molecular complexity index is 991. The van der Waals surface area contributed by atoms with E-state index in [9.17, 15) is 13.2 Å². The zero-order valence-corrected chi connectivity index (χ0v) is 18.8. The Hall–Kier alpha value is -2.15. The van der Waals surface area contributed by atoms with Crippen LogP contribution in [0.4, 0.5) is 0 Å². The number of hydrogen-bond acceptors (Lipinski definition) is 4. The zero-order chi connectivity index (χ0) is 21.3. The molecule has 1 aliphatic heterocycles. The fourth-order valence-electron chi connectivity index (χ4n) is 4.03. The lowest BCUT2D eigenvalue weighted by molar-refractivity contribution is 0.0784. The number of nitrogens with zero attached hydrogens (tertiary/aromatic N) is 3. The van der Waals surface area contributed by atoms with E-state index in [1.54, 1.807) is 11.9 Å². The first-order valence-corrected chi connectivity index (χ1v) is 12.0. The third-order valence-electron chi connectivity index (χ3n) is 5.62. The van der Waals surface area contributed by atoms with Crippen molar-refractivity contribution in [1.82, 2.24) is 14.7 Å². The fourth-order valence-corrected chi connectivity index (χ4v) is 5.73. The van der Waals surface area contributed by atoms with Crippen LogP contribution < -0.4 is 0 Å². The molecule has 0 aliphatic carbocycles. The van der Waals surface area contributed by atoms with Crippen LogP contribution in [0.5, 0.6) is 0 Å². The molecule has 1 aliphatic rings. The number of rotatable bonds is 6. The molecule has 1 aromatic carbocycles. The molecule has 6 nitrogen and oxygen atoms in total. The largest absolute Gasteiger partial charge is 0.337 e. The number of sulfone groups is 1. The van der Waals surface area contributed by atoms with Crippen molar-refractivity contribution >= 4 is 15.7 Å². The summed E-state index contributed by atoms with van der Waals surface area (Å²) >= 11 is 0. The van der Waals surface area contributed by atoms with Gasteiger partial charge in [0.25, 0.3) is 5.91 Å². The molecule has 0 unspecified atom stereocenters. The fraction of sp³-hybridized carbons (Fsp3) is 0.545. The Kier molecular flexibility index (Phi) is 6.17. The van der Waals surface area contributed by atoms with Crippen LogP contribution in [0.1, 0.15) is 59.2 Å². The highest BCUT2D eigenvalue weighted by molar-refractivity contribution is 7.91. The number of amides is 1. The van der Waals surface area contributed by atoms with Crippen molar-refractivity contribution in [3.05, 3.63) is 52.3 Å². The van der Waals surface area contributed by atoms with Crippen molar-refractivity contribution in [3.8, 4) is 0 Å². The minimum absolute atomic E-state index is 0.0314. The van der Waals surface area contributed by atoms with Crippen molar-refractivity contribution in [1.29, 1.82) is 0 Å². The predicted molar refractivity (Wildman–Crippen MR) is 115 cm³/mol. The summed E-state index contributed by atoms with van der Waals surface area (Å²) in [6.07, 6.45) is 1.60. The van der Waals surface area contributed by atoms with Crippen molar-refractivity contribution < 1.29 is 13.2 Å². The normalized spacial score (nSPS) is 18.3. The third-order valence-corrected chi connectivity index (χ3v) is 7.37. The van der Waals surface area contributed by atoms with Gasteiger partial charge in [-0.15, -0.1) is 0 Å². The lowest BCUT2D eigenvalue weighted by atomic mass is 10.0. The Morgan fingerprint density at radius 1 is 1.24 bits per heavy atom. The average Bonchev–Trinajstić information content (AvgIpc) is 3.14. The van der Waals surface area contributed by atoms with E-state index in [0.29, 0.717) is 24.4 Å². The van der Waals surface area contributed by atoms with Crippen molar-refractivity contribution in [2.45, 2.75) is 53.1 Å². The molecule has 1 saturated heterocycles. The summed E-state index contributed by atoms with van der Waals surface area (Å²) in [5, 5.41) is 4.60. The van der Waals surface area contributed by atoms with Gasteiger partial charge in [-0.2, -0.15) is 5.10 Å². The van der Waals surface area contributed by atoms with E-state index in [1.165, 1.54) is 5.56 Å². The monoisotopic (exact) mass is 417 g/mol. The van der Waals surface area contributed by atoms with Crippen molar-refractivity contribution in [3.63, 3.8) is 0 Å². The molecule has 2 aromatic rings. The number of benzene rings is 1. The summed E-state index contributed by atoms with van der Waals surface area (Å²) in [6.45, 7) is 8.68. The van der Waals surface area contributed by atoms with E-state index in [4.69, 9.17) is 0 Å². The molecule has 0 N–H and O–H groups in total. The zero-order valence-electron chi connectivity index (χ0n) is 18.0. The molecule has 1 atom stereocenters. The second kappa shape index (κ2) is 8.30. The van der Waals surface area contributed by atoms with Gasteiger partial charge < -0.3 is 4.90 Å². The van der Waals surface area contributed by atoms with Gasteiger partial charge in [-0.05, 0) is 50.3 Å². The van der Waals surface area contributed by atoms with Crippen molar-refractivity contribution in [2.75, 3.05) is 18.6 Å². The lowest BCUT2D eigenvalue weighted by Gasteiger charge is -2.18. The smallest absolute Gasteiger partial charge is 0.253 e. The maximum Gasteiger partial charge on any atom is 0.253 e. The molecular weight excluding hydrogens is 386 g/mol. The van der Waals surface area contributed by atoms with Gasteiger partial charge in [0.2, 0.25) is 0 Å². The van der Waals surface area contributed by atoms with Gasteiger partial charge in [0, 0.05) is 30.4 Å². The number of carbonyl (C=O) groups is 1. The van der Waals surface area contributed by atoms with E-state index in [0.717, 1.165) is 23.4 Å². The molecule has 29 heavy (non-hydrogen) atoms. The van der Waals surface area contributed by atoms with Crippen LogP contribution in [0.25, 0.3) is 0 Å². The maximum absolute atomic E-state index is 12.9. The summed E-state index contributed by atoms with van der Waals surface area (Å²) in [5.74, 6) is 0.912. The first kappa shape index (κ1) is 21.6. The second-order valence-corrected chi connectivity index (χ2v) is 10.8. The summed E-state index contributed by atoms with van der Waals surface area (Å²) < 4.78 is 25.5. The first-order chi connectivity index (χ1) is 13.6. The Morgan fingerprint density at radius 3 is 2.45 bits per heavy atom. The van der Waals surface area contributed by atoms with Crippen LogP contribution >= 0.6 is 0 Å². The third kappa shape index (κ3) is 4.89. The summed E-state index contributed by atoms with van der Waals surface area (Å²) in [7, 11) is -1.18. The van der Waals surface area contributed by atoms with Crippen LogP contribution in [0, 0.1) is 19.8 Å². The van der Waals surface area contributed by atoms with E-state index >= 15 is 0 Å².